The minimum absolute atomic E-state index is 0.261. The summed E-state index contributed by atoms with van der Waals surface area (Å²) in [6.45, 7) is 0.302. The van der Waals surface area contributed by atoms with E-state index in [0.717, 1.165) is 0 Å². The fourth-order valence-electron chi connectivity index (χ4n) is 1.33. The van der Waals surface area contributed by atoms with Crippen LogP contribution in [0.5, 0.6) is 0 Å². The number of carbonyl (C=O) groups excluding carboxylic acids is 1. The van der Waals surface area contributed by atoms with E-state index in [1.165, 1.54) is 24.5 Å². The van der Waals surface area contributed by atoms with Gasteiger partial charge in [0.15, 0.2) is 0 Å². The molecule has 1 N–H and O–H groups in total. The number of hydrogen-bond donors (Lipinski definition) is 1. The number of carbonyl (C=O) groups is 1. The zero-order valence-corrected chi connectivity index (χ0v) is 10.8. The summed E-state index contributed by atoms with van der Waals surface area (Å²) in [5.74, 6) is -0.684. The standard InChI is InChI=1S/C12H9BrFN3O/c13-10-5-8(1-2-11(10)14)12(18)16-6-9-3-4-15-7-17-9/h1-5,7H,6H2,(H,16,18). The maximum Gasteiger partial charge on any atom is 0.251 e. The Hall–Kier alpha value is -1.82. The smallest absolute Gasteiger partial charge is 0.251 e. The Morgan fingerprint density at radius 3 is 2.89 bits per heavy atom. The van der Waals surface area contributed by atoms with Crippen LogP contribution in [0.2, 0.25) is 0 Å². The van der Waals surface area contributed by atoms with Gasteiger partial charge in [-0.1, -0.05) is 0 Å². The molecule has 0 radical (unpaired) electrons. The zero-order chi connectivity index (χ0) is 13.0. The summed E-state index contributed by atoms with van der Waals surface area (Å²) in [5.41, 5.74) is 1.09. The van der Waals surface area contributed by atoms with Crippen LogP contribution in [0.1, 0.15) is 16.1 Å². The highest BCUT2D eigenvalue weighted by atomic mass is 79.9. The number of hydrogen-bond acceptors (Lipinski definition) is 3. The van der Waals surface area contributed by atoms with Crippen molar-refractivity contribution >= 4 is 21.8 Å². The number of nitrogens with one attached hydrogen (secondary N) is 1. The van der Waals surface area contributed by atoms with Gasteiger partial charge in [-0.25, -0.2) is 14.4 Å². The van der Waals surface area contributed by atoms with Crippen molar-refractivity contribution in [2.24, 2.45) is 0 Å². The number of benzene rings is 1. The molecule has 0 spiro atoms. The molecule has 6 heteroatoms. The maximum absolute atomic E-state index is 13.0. The quantitative estimate of drug-likeness (QED) is 0.946. The van der Waals surface area contributed by atoms with Crippen LogP contribution in [0.15, 0.2) is 41.3 Å². The van der Waals surface area contributed by atoms with Gasteiger partial charge in [-0.15, -0.1) is 0 Å². The molecule has 92 valence electrons. The first kappa shape index (κ1) is 12.6. The number of nitrogens with zero attached hydrogens (tertiary/aromatic N) is 2. The van der Waals surface area contributed by atoms with E-state index >= 15 is 0 Å². The van der Waals surface area contributed by atoms with Gasteiger partial charge in [-0.3, -0.25) is 4.79 Å². The van der Waals surface area contributed by atoms with E-state index in [9.17, 15) is 9.18 Å². The van der Waals surface area contributed by atoms with E-state index in [0.29, 0.717) is 17.8 Å². The van der Waals surface area contributed by atoms with Gasteiger partial charge in [-0.05, 0) is 40.2 Å². The first-order chi connectivity index (χ1) is 8.66. The normalized spacial score (nSPS) is 10.1. The minimum atomic E-state index is -0.401. The molecule has 0 fully saturated rings. The van der Waals surface area contributed by atoms with E-state index in [4.69, 9.17) is 0 Å². The lowest BCUT2D eigenvalue weighted by Gasteiger charge is -2.05. The van der Waals surface area contributed by atoms with Crippen molar-refractivity contribution in [3.8, 4) is 0 Å². The third-order valence-electron chi connectivity index (χ3n) is 2.26. The Kier molecular flexibility index (Phi) is 3.99. The van der Waals surface area contributed by atoms with Crippen molar-refractivity contribution in [1.29, 1.82) is 0 Å². The molecule has 0 aliphatic heterocycles. The van der Waals surface area contributed by atoms with Crippen LogP contribution in [0, 0.1) is 5.82 Å². The Labute approximate surface area is 111 Å². The van der Waals surface area contributed by atoms with Crippen LogP contribution in [-0.4, -0.2) is 15.9 Å². The van der Waals surface area contributed by atoms with E-state index in [-0.39, 0.29) is 10.4 Å². The lowest BCUT2D eigenvalue weighted by Crippen LogP contribution is -2.23. The van der Waals surface area contributed by atoms with Crippen molar-refractivity contribution in [2.75, 3.05) is 0 Å². The Balaban J connectivity index is 2.02. The molecule has 0 saturated carbocycles. The second-order valence-electron chi connectivity index (χ2n) is 3.51. The van der Waals surface area contributed by atoms with Crippen LogP contribution >= 0.6 is 15.9 Å². The average Bonchev–Trinajstić information content (AvgIpc) is 2.40. The van der Waals surface area contributed by atoms with Crippen LogP contribution in [-0.2, 0) is 6.54 Å². The third-order valence-corrected chi connectivity index (χ3v) is 2.86. The SMILES string of the molecule is O=C(NCc1ccncn1)c1ccc(F)c(Br)c1. The van der Waals surface area contributed by atoms with Crippen molar-refractivity contribution in [3.63, 3.8) is 0 Å². The van der Waals surface area contributed by atoms with Crippen LogP contribution in [0.25, 0.3) is 0 Å². The van der Waals surface area contributed by atoms with E-state index in [1.54, 1.807) is 12.3 Å². The molecule has 1 aromatic heterocycles. The van der Waals surface area contributed by atoms with Gasteiger partial charge in [0.05, 0.1) is 16.7 Å². The second-order valence-corrected chi connectivity index (χ2v) is 4.37. The summed E-state index contributed by atoms with van der Waals surface area (Å²) < 4.78 is 13.3. The Bertz CT molecular complexity index is 563. The van der Waals surface area contributed by atoms with E-state index in [2.05, 4.69) is 31.2 Å². The second kappa shape index (κ2) is 5.68. The molecule has 1 amide bonds. The van der Waals surface area contributed by atoms with Crippen LogP contribution in [0.4, 0.5) is 4.39 Å². The fraction of sp³-hybridized carbons (Fsp3) is 0.0833. The molecule has 2 rings (SSSR count). The van der Waals surface area contributed by atoms with Gasteiger partial charge in [0, 0.05) is 11.8 Å². The molecule has 4 nitrogen and oxygen atoms in total. The topological polar surface area (TPSA) is 54.9 Å². The van der Waals surface area contributed by atoms with Crippen molar-refractivity contribution in [2.45, 2.75) is 6.54 Å². The molecule has 0 aliphatic rings. The average molecular weight is 310 g/mol. The molecule has 1 heterocycles. The molecular formula is C12H9BrFN3O. The fourth-order valence-corrected chi connectivity index (χ4v) is 1.71. The Morgan fingerprint density at radius 2 is 2.22 bits per heavy atom. The van der Waals surface area contributed by atoms with Gasteiger partial charge >= 0.3 is 0 Å². The largest absolute Gasteiger partial charge is 0.346 e. The Morgan fingerprint density at radius 1 is 1.39 bits per heavy atom. The zero-order valence-electron chi connectivity index (χ0n) is 9.23. The number of amides is 1. The molecule has 18 heavy (non-hydrogen) atoms. The third kappa shape index (κ3) is 3.10. The number of rotatable bonds is 3. The highest BCUT2D eigenvalue weighted by molar-refractivity contribution is 9.10. The van der Waals surface area contributed by atoms with Gasteiger partial charge in [0.25, 0.3) is 5.91 Å². The monoisotopic (exact) mass is 309 g/mol. The van der Waals surface area contributed by atoms with Crippen LogP contribution < -0.4 is 5.32 Å². The first-order valence-electron chi connectivity index (χ1n) is 5.15. The maximum atomic E-state index is 13.0. The molecule has 0 unspecified atom stereocenters. The summed E-state index contributed by atoms with van der Waals surface area (Å²) in [6.07, 6.45) is 3.01. The van der Waals surface area contributed by atoms with Crippen molar-refractivity contribution < 1.29 is 9.18 Å². The summed E-state index contributed by atoms with van der Waals surface area (Å²) >= 11 is 3.03. The predicted molar refractivity (Wildman–Crippen MR) is 67.3 cm³/mol. The van der Waals surface area contributed by atoms with Crippen molar-refractivity contribution in [3.05, 3.63) is 58.3 Å². The highest BCUT2D eigenvalue weighted by Crippen LogP contribution is 2.16. The van der Waals surface area contributed by atoms with E-state index in [1.807, 2.05) is 0 Å². The van der Waals surface area contributed by atoms with Gasteiger partial charge < -0.3 is 5.32 Å². The van der Waals surface area contributed by atoms with Crippen molar-refractivity contribution in [1.82, 2.24) is 15.3 Å². The molecule has 0 atom stereocenters. The molecule has 1 aromatic carbocycles. The van der Waals surface area contributed by atoms with Gasteiger partial charge in [-0.2, -0.15) is 0 Å². The summed E-state index contributed by atoms with van der Waals surface area (Å²) in [7, 11) is 0. The van der Waals surface area contributed by atoms with E-state index < -0.39 is 5.82 Å². The number of halogens is 2. The summed E-state index contributed by atoms with van der Waals surface area (Å²) in [6, 6.07) is 5.81. The van der Waals surface area contributed by atoms with Gasteiger partial charge in [0.2, 0.25) is 0 Å². The molecule has 0 aliphatic carbocycles. The molecule has 2 aromatic rings. The molecule has 0 saturated heterocycles. The lowest BCUT2D eigenvalue weighted by atomic mass is 10.2. The number of aromatic nitrogens is 2. The first-order valence-corrected chi connectivity index (χ1v) is 5.94. The van der Waals surface area contributed by atoms with Gasteiger partial charge in [0.1, 0.15) is 12.1 Å². The highest BCUT2D eigenvalue weighted by Gasteiger charge is 2.08. The molecule has 0 bridgehead atoms. The molecular weight excluding hydrogens is 301 g/mol. The minimum Gasteiger partial charge on any atom is -0.346 e. The van der Waals surface area contributed by atoms with Crippen LogP contribution in [0.3, 0.4) is 0 Å². The summed E-state index contributed by atoms with van der Waals surface area (Å²) in [4.78, 5) is 19.5. The lowest BCUT2D eigenvalue weighted by molar-refractivity contribution is 0.0950. The predicted octanol–water partition coefficient (Wildman–Crippen LogP) is 2.31. The summed E-state index contributed by atoms with van der Waals surface area (Å²) in [5, 5.41) is 2.69.